The molecule has 0 bridgehead atoms. The van der Waals surface area contributed by atoms with Crippen LogP contribution in [-0.2, 0) is 30.8 Å². The van der Waals surface area contributed by atoms with Crippen molar-refractivity contribution in [1.82, 2.24) is 28.9 Å². The first-order valence-corrected chi connectivity index (χ1v) is 11.5. The lowest BCUT2D eigenvalue weighted by Crippen LogP contribution is -2.40. The fraction of sp³-hybridized carbons (Fsp3) is 0.320. The molecule has 35 heavy (non-hydrogen) atoms. The van der Waals surface area contributed by atoms with Crippen molar-refractivity contribution in [2.75, 3.05) is 0 Å². The second kappa shape index (κ2) is 10.3. The Kier molecular flexibility index (Phi) is 6.96. The van der Waals surface area contributed by atoms with Crippen LogP contribution in [0.3, 0.4) is 0 Å². The molecule has 0 saturated carbocycles. The van der Waals surface area contributed by atoms with E-state index < -0.39 is 5.97 Å². The van der Waals surface area contributed by atoms with Crippen LogP contribution in [0.4, 0.5) is 0 Å². The molecule has 0 saturated heterocycles. The van der Waals surface area contributed by atoms with E-state index in [0.717, 1.165) is 17.5 Å². The van der Waals surface area contributed by atoms with Gasteiger partial charge < -0.3 is 10.1 Å². The summed E-state index contributed by atoms with van der Waals surface area (Å²) >= 11 is 0. The van der Waals surface area contributed by atoms with Crippen LogP contribution < -0.4 is 11.2 Å². The Balaban J connectivity index is 1.58. The summed E-state index contributed by atoms with van der Waals surface area (Å²) in [6.07, 6.45) is 4.79. The summed E-state index contributed by atoms with van der Waals surface area (Å²) in [7, 11) is 0. The molecule has 0 amide bonds. The lowest BCUT2D eigenvalue weighted by Gasteiger charge is -2.09. The van der Waals surface area contributed by atoms with E-state index in [0.29, 0.717) is 48.6 Å². The minimum absolute atomic E-state index is 0.0213. The molecule has 2 N–H and O–H groups in total. The average molecular weight is 475 g/mol. The SMILES string of the molecule is CCCn1c(=O)c2[nH]c(-c3cnn(CC#Cc4ccc(CC(=O)O)cc4)c3)nc2n(CCC)c1=O. The number of aromatic nitrogens is 6. The predicted molar refractivity (Wildman–Crippen MR) is 131 cm³/mol. The number of rotatable bonds is 8. The van der Waals surface area contributed by atoms with E-state index in [2.05, 4.69) is 26.9 Å². The number of hydrogen-bond acceptors (Lipinski definition) is 5. The highest BCUT2D eigenvalue weighted by molar-refractivity contribution is 5.75. The molecule has 0 radical (unpaired) electrons. The Bertz CT molecular complexity index is 1540. The molecule has 0 aliphatic rings. The van der Waals surface area contributed by atoms with Crippen LogP contribution in [0.1, 0.15) is 37.8 Å². The summed E-state index contributed by atoms with van der Waals surface area (Å²) in [5.74, 6) is 5.66. The zero-order chi connectivity index (χ0) is 24.9. The quantitative estimate of drug-likeness (QED) is 0.377. The van der Waals surface area contributed by atoms with E-state index in [1.54, 1.807) is 45.9 Å². The van der Waals surface area contributed by atoms with Crippen LogP contribution >= 0.6 is 0 Å². The van der Waals surface area contributed by atoms with Gasteiger partial charge in [0.25, 0.3) is 5.56 Å². The fourth-order valence-corrected chi connectivity index (χ4v) is 3.82. The summed E-state index contributed by atoms with van der Waals surface area (Å²) in [5, 5.41) is 13.2. The number of nitrogens with zero attached hydrogens (tertiary/aromatic N) is 5. The molecule has 0 atom stereocenters. The molecular formula is C25H26N6O4. The molecule has 0 aliphatic carbocycles. The molecule has 0 fully saturated rings. The molecule has 3 heterocycles. The zero-order valence-electron chi connectivity index (χ0n) is 19.6. The molecular weight excluding hydrogens is 448 g/mol. The van der Waals surface area contributed by atoms with Gasteiger partial charge in [-0.1, -0.05) is 37.8 Å². The van der Waals surface area contributed by atoms with Gasteiger partial charge in [0.15, 0.2) is 5.65 Å². The standard InChI is InChI=1S/C25H26N6O4/c1-3-11-30-23-21(24(34)31(12-4-2)25(30)35)27-22(28-23)19-15-26-29(16-19)13-5-6-17-7-9-18(10-8-17)14-20(32)33/h7-10,15-16H,3-4,11-14H2,1-2H3,(H,27,28)(H,32,33). The van der Waals surface area contributed by atoms with E-state index in [4.69, 9.17) is 5.11 Å². The molecule has 4 aromatic rings. The van der Waals surface area contributed by atoms with Gasteiger partial charge in [-0.05, 0) is 30.5 Å². The van der Waals surface area contributed by atoms with Gasteiger partial charge in [0.1, 0.15) is 17.9 Å². The Hall–Kier alpha value is -4.39. The summed E-state index contributed by atoms with van der Waals surface area (Å²) < 4.78 is 4.46. The van der Waals surface area contributed by atoms with Gasteiger partial charge in [0, 0.05) is 24.8 Å². The maximum atomic E-state index is 12.9. The second-order valence-electron chi connectivity index (χ2n) is 8.17. The van der Waals surface area contributed by atoms with E-state index in [9.17, 15) is 14.4 Å². The molecule has 180 valence electrons. The first-order chi connectivity index (χ1) is 16.9. The fourth-order valence-electron chi connectivity index (χ4n) is 3.82. The topological polar surface area (TPSA) is 128 Å². The van der Waals surface area contributed by atoms with Crippen LogP contribution in [0.25, 0.3) is 22.6 Å². The molecule has 3 aromatic heterocycles. The highest BCUT2D eigenvalue weighted by Crippen LogP contribution is 2.18. The number of benzene rings is 1. The lowest BCUT2D eigenvalue weighted by molar-refractivity contribution is -0.136. The number of carboxylic acid groups (broad SMARTS) is 1. The number of imidazole rings is 1. The average Bonchev–Trinajstić information content (AvgIpc) is 3.48. The van der Waals surface area contributed by atoms with Gasteiger partial charge >= 0.3 is 11.7 Å². The number of aromatic amines is 1. The van der Waals surface area contributed by atoms with Crippen molar-refractivity contribution >= 4 is 17.1 Å². The summed E-state index contributed by atoms with van der Waals surface area (Å²) in [4.78, 5) is 44.2. The number of aliphatic carboxylic acids is 1. The zero-order valence-corrected chi connectivity index (χ0v) is 19.6. The van der Waals surface area contributed by atoms with Gasteiger partial charge in [-0.25, -0.2) is 9.78 Å². The summed E-state index contributed by atoms with van der Waals surface area (Å²) in [6.45, 7) is 5.04. The van der Waals surface area contributed by atoms with Crippen LogP contribution in [0.15, 0.2) is 46.2 Å². The second-order valence-corrected chi connectivity index (χ2v) is 8.17. The lowest BCUT2D eigenvalue weighted by atomic mass is 10.1. The maximum Gasteiger partial charge on any atom is 0.332 e. The van der Waals surface area contributed by atoms with Crippen molar-refractivity contribution < 1.29 is 9.90 Å². The van der Waals surface area contributed by atoms with Gasteiger partial charge in [-0.2, -0.15) is 5.10 Å². The molecule has 0 aliphatic heterocycles. The van der Waals surface area contributed by atoms with Crippen molar-refractivity contribution in [2.24, 2.45) is 0 Å². The summed E-state index contributed by atoms with van der Waals surface area (Å²) in [5.41, 5.74) is 2.12. The van der Waals surface area contributed by atoms with E-state index >= 15 is 0 Å². The minimum Gasteiger partial charge on any atom is -0.481 e. The molecule has 1 aromatic carbocycles. The number of nitrogens with one attached hydrogen (secondary N) is 1. The Labute approximate surface area is 200 Å². The van der Waals surface area contributed by atoms with Gasteiger partial charge in [0.2, 0.25) is 0 Å². The third-order valence-electron chi connectivity index (χ3n) is 5.45. The van der Waals surface area contributed by atoms with E-state index in [1.165, 1.54) is 4.57 Å². The van der Waals surface area contributed by atoms with Crippen LogP contribution in [-0.4, -0.2) is 40.0 Å². The molecule has 4 rings (SSSR count). The van der Waals surface area contributed by atoms with Crippen LogP contribution in [0.2, 0.25) is 0 Å². The van der Waals surface area contributed by atoms with Crippen molar-refractivity contribution in [3.63, 3.8) is 0 Å². The van der Waals surface area contributed by atoms with Crippen molar-refractivity contribution in [2.45, 2.75) is 52.7 Å². The highest BCUT2D eigenvalue weighted by atomic mass is 16.4. The maximum absolute atomic E-state index is 12.9. The van der Waals surface area contributed by atoms with Crippen molar-refractivity contribution in [3.8, 4) is 23.2 Å². The Morgan fingerprint density at radius 1 is 1.09 bits per heavy atom. The van der Waals surface area contributed by atoms with E-state index in [-0.39, 0.29) is 17.7 Å². The Morgan fingerprint density at radius 3 is 2.49 bits per heavy atom. The molecule has 10 heteroatoms. The molecule has 0 spiro atoms. The predicted octanol–water partition coefficient (Wildman–Crippen LogP) is 2.25. The van der Waals surface area contributed by atoms with E-state index in [1.807, 2.05) is 13.8 Å². The number of aryl methyl sites for hydroxylation is 1. The van der Waals surface area contributed by atoms with Crippen molar-refractivity contribution in [3.05, 3.63) is 68.6 Å². The number of hydrogen-bond donors (Lipinski definition) is 2. The van der Waals surface area contributed by atoms with Gasteiger partial charge in [-0.15, -0.1) is 0 Å². The smallest absolute Gasteiger partial charge is 0.332 e. The summed E-state index contributed by atoms with van der Waals surface area (Å²) in [6, 6.07) is 7.07. The third kappa shape index (κ3) is 5.09. The van der Waals surface area contributed by atoms with Gasteiger partial charge in [0.05, 0.1) is 18.2 Å². The third-order valence-corrected chi connectivity index (χ3v) is 5.45. The number of fused-ring (bicyclic) bond motifs is 1. The monoisotopic (exact) mass is 474 g/mol. The Morgan fingerprint density at radius 2 is 1.80 bits per heavy atom. The largest absolute Gasteiger partial charge is 0.481 e. The highest BCUT2D eigenvalue weighted by Gasteiger charge is 2.18. The van der Waals surface area contributed by atoms with Gasteiger partial charge in [-0.3, -0.25) is 23.4 Å². The minimum atomic E-state index is -0.872. The molecule has 0 unspecified atom stereocenters. The number of carboxylic acids is 1. The first-order valence-electron chi connectivity index (χ1n) is 11.5. The normalized spacial score (nSPS) is 10.9. The van der Waals surface area contributed by atoms with Crippen molar-refractivity contribution in [1.29, 1.82) is 0 Å². The van der Waals surface area contributed by atoms with Crippen LogP contribution in [0, 0.1) is 11.8 Å². The molecule has 10 nitrogen and oxygen atoms in total. The van der Waals surface area contributed by atoms with Crippen LogP contribution in [0.5, 0.6) is 0 Å². The number of H-pyrrole nitrogens is 1. The first kappa shape index (κ1) is 23.8. The number of carbonyl (C=O) groups is 1.